The van der Waals surface area contributed by atoms with Crippen LogP contribution in [0, 0.1) is 0 Å². The van der Waals surface area contributed by atoms with Crippen LogP contribution >= 0.6 is 0 Å². The first-order valence-electron chi connectivity index (χ1n) is 7.62. The molecular formula is C17H22N2O2. The monoisotopic (exact) mass is 286 g/mol. The normalized spacial score (nSPS) is 15.8. The number of fused-ring (bicyclic) bond motifs is 3. The van der Waals surface area contributed by atoms with E-state index >= 15 is 0 Å². The van der Waals surface area contributed by atoms with E-state index in [1.165, 1.54) is 5.56 Å². The van der Waals surface area contributed by atoms with Gasteiger partial charge in [-0.15, -0.1) is 0 Å². The second-order valence-electron chi connectivity index (χ2n) is 5.64. The summed E-state index contributed by atoms with van der Waals surface area (Å²) in [5, 5.41) is 1.16. The highest BCUT2D eigenvalue weighted by molar-refractivity contribution is 6.02. The van der Waals surface area contributed by atoms with Gasteiger partial charge in [0, 0.05) is 31.0 Å². The van der Waals surface area contributed by atoms with Crippen molar-refractivity contribution in [2.24, 2.45) is 0 Å². The van der Waals surface area contributed by atoms with Gasteiger partial charge in [0.05, 0.1) is 7.11 Å². The molecule has 0 atom stereocenters. The zero-order valence-electron chi connectivity index (χ0n) is 13.0. The minimum Gasteiger partial charge on any atom is -0.497 e. The molecule has 4 nitrogen and oxygen atoms in total. The SMILES string of the molecule is CCn1c2c(c3cc(OC)ccc31)CCCCN(C)C2=O. The Morgan fingerprint density at radius 2 is 2.10 bits per heavy atom. The van der Waals surface area contributed by atoms with Crippen LogP contribution in [0.15, 0.2) is 18.2 Å². The number of hydrogen-bond donors (Lipinski definition) is 0. The minimum atomic E-state index is 0.140. The molecule has 0 saturated carbocycles. The summed E-state index contributed by atoms with van der Waals surface area (Å²) in [5.41, 5.74) is 3.18. The smallest absolute Gasteiger partial charge is 0.270 e. The summed E-state index contributed by atoms with van der Waals surface area (Å²) in [7, 11) is 3.58. The third-order valence-corrected chi connectivity index (χ3v) is 4.41. The van der Waals surface area contributed by atoms with Gasteiger partial charge in [-0.1, -0.05) is 0 Å². The molecule has 0 radical (unpaired) electrons. The van der Waals surface area contributed by atoms with Crippen LogP contribution in [0.1, 0.15) is 35.8 Å². The van der Waals surface area contributed by atoms with Crippen molar-refractivity contribution in [1.82, 2.24) is 9.47 Å². The fourth-order valence-electron chi connectivity index (χ4n) is 3.29. The molecule has 21 heavy (non-hydrogen) atoms. The predicted molar refractivity (Wildman–Crippen MR) is 84.1 cm³/mol. The van der Waals surface area contributed by atoms with Crippen molar-refractivity contribution in [3.63, 3.8) is 0 Å². The maximum atomic E-state index is 12.8. The number of aryl methyl sites for hydroxylation is 2. The average molecular weight is 286 g/mol. The van der Waals surface area contributed by atoms with Crippen LogP contribution < -0.4 is 4.74 Å². The summed E-state index contributed by atoms with van der Waals surface area (Å²) in [6.45, 7) is 3.74. The van der Waals surface area contributed by atoms with Gasteiger partial charge in [-0.2, -0.15) is 0 Å². The van der Waals surface area contributed by atoms with E-state index in [4.69, 9.17) is 4.74 Å². The summed E-state index contributed by atoms with van der Waals surface area (Å²) in [6.07, 6.45) is 3.14. The molecule has 0 saturated heterocycles. The standard InChI is InChI=1S/C17H22N2O2/c1-4-19-15-9-8-12(21-3)11-14(15)13-7-5-6-10-18(2)17(20)16(13)19/h8-9,11H,4-7,10H2,1-3H3. The number of rotatable bonds is 2. The molecule has 0 spiro atoms. The lowest BCUT2D eigenvalue weighted by Gasteiger charge is -2.21. The van der Waals surface area contributed by atoms with Gasteiger partial charge in [0.15, 0.2) is 0 Å². The van der Waals surface area contributed by atoms with Crippen molar-refractivity contribution < 1.29 is 9.53 Å². The number of benzene rings is 1. The van der Waals surface area contributed by atoms with Crippen LogP contribution in [0.25, 0.3) is 10.9 Å². The van der Waals surface area contributed by atoms with E-state index in [0.717, 1.165) is 54.7 Å². The van der Waals surface area contributed by atoms with Crippen LogP contribution in [-0.2, 0) is 13.0 Å². The molecule has 1 aromatic heterocycles. The van der Waals surface area contributed by atoms with Crippen molar-refractivity contribution >= 4 is 16.8 Å². The Kier molecular flexibility index (Phi) is 3.62. The Morgan fingerprint density at radius 3 is 2.81 bits per heavy atom. The fraction of sp³-hybridized carbons (Fsp3) is 0.471. The molecule has 2 heterocycles. The molecule has 1 aromatic carbocycles. The van der Waals surface area contributed by atoms with Gasteiger partial charge >= 0.3 is 0 Å². The number of carbonyl (C=O) groups is 1. The zero-order chi connectivity index (χ0) is 15.0. The van der Waals surface area contributed by atoms with Crippen molar-refractivity contribution in [2.45, 2.75) is 32.7 Å². The molecule has 1 amide bonds. The second-order valence-corrected chi connectivity index (χ2v) is 5.64. The van der Waals surface area contributed by atoms with Gasteiger partial charge in [-0.25, -0.2) is 0 Å². The molecule has 1 aliphatic heterocycles. The molecule has 3 rings (SSSR count). The summed E-state index contributed by atoms with van der Waals surface area (Å²) >= 11 is 0. The van der Waals surface area contributed by atoms with Gasteiger partial charge in [-0.3, -0.25) is 4.79 Å². The van der Waals surface area contributed by atoms with E-state index in [1.54, 1.807) is 7.11 Å². The summed E-state index contributed by atoms with van der Waals surface area (Å²) in [5.74, 6) is 0.989. The fourth-order valence-corrected chi connectivity index (χ4v) is 3.29. The first kappa shape index (κ1) is 14.0. The Bertz CT molecular complexity index is 688. The maximum Gasteiger partial charge on any atom is 0.270 e. The first-order valence-corrected chi connectivity index (χ1v) is 7.62. The second kappa shape index (κ2) is 5.43. The third kappa shape index (κ3) is 2.19. The van der Waals surface area contributed by atoms with Gasteiger partial charge in [0.25, 0.3) is 5.91 Å². The van der Waals surface area contributed by atoms with E-state index < -0.39 is 0 Å². The molecule has 112 valence electrons. The Hall–Kier alpha value is -1.97. The van der Waals surface area contributed by atoms with Crippen molar-refractivity contribution in [1.29, 1.82) is 0 Å². The third-order valence-electron chi connectivity index (χ3n) is 4.41. The van der Waals surface area contributed by atoms with E-state index in [9.17, 15) is 4.79 Å². The highest BCUT2D eigenvalue weighted by Gasteiger charge is 2.26. The number of amides is 1. The quantitative estimate of drug-likeness (QED) is 0.850. The zero-order valence-corrected chi connectivity index (χ0v) is 13.0. The molecule has 0 unspecified atom stereocenters. The lowest BCUT2D eigenvalue weighted by molar-refractivity contribution is 0.0777. The molecule has 0 N–H and O–H groups in total. The van der Waals surface area contributed by atoms with Crippen LogP contribution in [0.4, 0.5) is 0 Å². The lowest BCUT2D eigenvalue weighted by atomic mass is 10.0. The Balaban J connectivity index is 2.31. The van der Waals surface area contributed by atoms with E-state index in [-0.39, 0.29) is 5.91 Å². The predicted octanol–water partition coefficient (Wildman–Crippen LogP) is 3.08. The van der Waals surface area contributed by atoms with Crippen molar-refractivity contribution in [3.05, 3.63) is 29.5 Å². The van der Waals surface area contributed by atoms with Gasteiger partial charge in [0.1, 0.15) is 11.4 Å². The number of nitrogens with zero attached hydrogens (tertiary/aromatic N) is 2. The minimum absolute atomic E-state index is 0.140. The van der Waals surface area contributed by atoms with E-state index in [0.29, 0.717) is 0 Å². The van der Waals surface area contributed by atoms with Gasteiger partial charge in [-0.05, 0) is 49.9 Å². The molecule has 0 fully saturated rings. The first-order chi connectivity index (χ1) is 10.2. The van der Waals surface area contributed by atoms with E-state index in [2.05, 4.69) is 23.6 Å². The van der Waals surface area contributed by atoms with Gasteiger partial charge in [0.2, 0.25) is 0 Å². The highest BCUT2D eigenvalue weighted by Crippen LogP contribution is 2.32. The number of ether oxygens (including phenoxy) is 1. The average Bonchev–Trinajstić information content (AvgIpc) is 2.81. The maximum absolute atomic E-state index is 12.8. The molecule has 0 bridgehead atoms. The Morgan fingerprint density at radius 1 is 1.29 bits per heavy atom. The molecule has 4 heteroatoms. The number of carbonyl (C=O) groups excluding carboxylic acids is 1. The molecule has 1 aliphatic rings. The van der Waals surface area contributed by atoms with E-state index in [1.807, 2.05) is 18.0 Å². The number of methoxy groups -OCH3 is 1. The van der Waals surface area contributed by atoms with Crippen LogP contribution in [0.5, 0.6) is 5.75 Å². The summed E-state index contributed by atoms with van der Waals surface area (Å²) < 4.78 is 7.50. The number of aromatic nitrogens is 1. The Labute approximate surface area is 125 Å². The summed E-state index contributed by atoms with van der Waals surface area (Å²) in [6, 6.07) is 6.10. The lowest BCUT2D eigenvalue weighted by Crippen LogP contribution is -2.31. The topological polar surface area (TPSA) is 34.5 Å². The number of hydrogen-bond acceptors (Lipinski definition) is 2. The highest BCUT2D eigenvalue weighted by atomic mass is 16.5. The molecule has 0 aliphatic carbocycles. The van der Waals surface area contributed by atoms with Gasteiger partial charge < -0.3 is 14.2 Å². The van der Waals surface area contributed by atoms with Crippen molar-refractivity contribution in [2.75, 3.05) is 20.7 Å². The van der Waals surface area contributed by atoms with Crippen molar-refractivity contribution in [3.8, 4) is 5.75 Å². The molecule has 2 aromatic rings. The summed E-state index contributed by atoms with van der Waals surface area (Å²) in [4.78, 5) is 14.6. The molecular weight excluding hydrogens is 264 g/mol. The van der Waals surface area contributed by atoms with Crippen LogP contribution in [-0.4, -0.2) is 36.1 Å². The van der Waals surface area contributed by atoms with Crippen LogP contribution in [0.2, 0.25) is 0 Å². The largest absolute Gasteiger partial charge is 0.497 e. The van der Waals surface area contributed by atoms with Crippen LogP contribution in [0.3, 0.4) is 0 Å².